The van der Waals surface area contributed by atoms with E-state index in [9.17, 15) is 4.79 Å². The van der Waals surface area contributed by atoms with Gasteiger partial charge in [-0.05, 0) is 38.8 Å². The minimum Gasteiger partial charge on any atom is -0.325 e. The number of carbonyl (C=O) groups excluding carboxylic acids is 1. The van der Waals surface area contributed by atoms with Gasteiger partial charge in [-0.3, -0.25) is 4.79 Å². The molecular formula is C18H26N4OS. The van der Waals surface area contributed by atoms with E-state index >= 15 is 0 Å². The van der Waals surface area contributed by atoms with E-state index in [1.807, 2.05) is 32.0 Å². The summed E-state index contributed by atoms with van der Waals surface area (Å²) in [6.07, 6.45) is 0. The third-order valence-corrected chi connectivity index (χ3v) is 4.74. The van der Waals surface area contributed by atoms with Gasteiger partial charge in [0.15, 0.2) is 5.16 Å². The molecule has 5 nitrogen and oxygen atoms in total. The monoisotopic (exact) mass is 346 g/mol. The van der Waals surface area contributed by atoms with Crippen molar-refractivity contribution in [1.29, 1.82) is 0 Å². The first-order chi connectivity index (χ1) is 11.3. The number of rotatable bonds is 6. The van der Waals surface area contributed by atoms with Crippen molar-refractivity contribution >= 4 is 23.4 Å². The molecule has 130 valence electrons. The fourth-order valence-corrected chi connectivity index (χ4v) is 3.46. The van der Waals surface area contributed by atoms with Gasteiger partial charge in [0, 0.05) is 17.6 Å². The maximum Gasteiger partial charge on any atom is 0.234 e. The van der Waals surface area contributed by atoms with Gasteiger partial charge in [-0.15, -0.1) is 10.2 Å². The number of hydrogen-bond donors (Lipinski definition) is 1. The van der Waals surface area contributed by atoms with Gasteiger partial charge >= 0.3 is 0 Å². The van der Waals surface area contributed by atoms with Crippen molar-refractivity contribution in [3.63, 3.8) is 0 Å². The summed E-state index contributed by atoms with van der Waals surface area (Å²) in [5.41, 5.74) is 3.04. The van der Waals surface area contributed by atoms with E-state index < -0.39 is 0 Å². The predicted molar refractivity (Wildman–Crippen MR) is 99.8 cm³/mol. The molecule has 2 aromatic rings. The van der Waals surface area contributed by atoms with E-state index in [0.29, 0.717) is 11.7 Å². The molecule has 0 atom stereocenters. The highest BCUT2D eigenvalue weighted by Gasteiger charge is 2.18. The second-order valence-corrected chi connectivity index (χ2v) is 7.51. The van der Waals surface area contributed by atoms with Crippen molar-refractivity contribution in [2.45, 2.75) is 58.7 Å². The van der Waals surface area contributed by atoms with E-state index in [1.54, 1.807) is 0 Å². The molecule has 1 N–H and O–H groups in total. The van der Waals surface area contributed by atoms with Crippen LogP contribution < -0.4 is 5.32 Å². The van der Waals surface area contributed by atoms with E-state index in [1.165, 1.54) is 11.8 Å². The van der Waals surface area contributed by atoms with E-state index in [-0.39, 0.29) is 11.9 Å². The van der Waals surface area contributed by atoms with Gasteiger partial charge in [0.2, 0.25) is 5.91 Å². The number of amides is 1. The molecule has 2 rings (SSSR count). The highest BCUT2D eigenvalue weighted by atomic mass is 32.2. The Labute approximate surface area is 148 Å². The summed E-state index contributed by atoms with van der Waals surface area (Å²) in [6.45, 7) is 12.4. The Morgan fingerprint density at radius 3 is 2.33 bits per heavy atom. The number of aromatic nitrogens is 3. The maximum atomic E-state index is 12.3. The Hall–Kier alpha value is -1.82. The SMILES string of the molecule is Cc1cccc(C)c1NC(=O)CSc1nnc(C(C)C)n1C(C)C. The normalized spacial score (nSPS) is 11.3. The number of nitrogens with zero attached hydrogens (tertiary/aromatic N) is 3. The molecule has 1 aromatic carbocycles. The van der Waals surface area contributed by atoms with Crippen molar-refractivity contribution in [1.82, 2.24) is 14.8 Å². The van der Waals surface area contributed by atoms with Gasteiger partial charge in [-0.1, -0.05) is 43.8 Å². The number of thioether (sulfide) groups is 1. The Bertz CT molecular complexity index is 702. The molecule has 0 unspecified atom stereocenters. The first-order valence-electron chi connectivity index (χ1n) is 8.25. The molecule has 0 spiro atoms. The lowest BCUT2D eigenvalue weighted by molar-refractivity contribution is -0.113. The predicted octanol–water partition coefficient (Wildman–Crippen LogP) is 4.33. The first kappa shape index (κ1) is 18.5. The lowest BCUT2D eigenvalue weighted by Crippen LogP contribution is -2.16. The van der Waals surface area contributed by atoms with E-state index in [2.05, 4.69) is 47.8 Å². The fourth-order valence-electron chi connectivity index (χ4n) is 2.58. The summed E-state index contributed by atoms with van der Waals surface area (Å²) < 4.78 is 2.11. The van der Waals surface area contributed by atoms with Crippen LogP contribution in [0.25, 0.3) is 0 Å². The number of aryl methyl sites for hydroxylation is 2. The Balaban J connectivity index is 2.07. The quantitative estimate of drug-likeness (QED) is 0.791. The average Bonchev–Trinajstić information content (AvgIpc) is 2.93. The number of para-hydroxylation sites is 1. The van der Waals surface area contributed by atoms with Crippen molar-refractivity contribution in [2.24, 2.45) is 0 Å². The van der Waals surface area contributed by atoms with Crippen LogP contribution in [0.1, 0.15) is 56.6 Å². The zero-order valence-electron chi connectivity index (χ0n) is 15.3. The lowest BCUT2D eigenvalue weighted by atomic mass is 10.1. The van der Waals surface area contributed by atoms with Crippen molar-refractivity contribution < 1.29 is 4.79 Å². The number of benzene rings is 1. The summed E-state index contributed by atoms with van der Waals surface area (Å²) in [6, 6.07) is 6.26. The molecule has 0 aliphatic rings. The Morgan fingerprint density at radius 1 is 1.17 bits per heavy atom. The fraction of sp³-hybridized carbons (Fsp3) is 0.500. The first-order valence-corrected chi connectivity index (χ1v) is 9.23. The molecule has 0 saturated heterocycles. The van der Waals surface area contributed by atoms with Crippen LogP contribution in [0.3, 0.4) is 0 Å². The minimum atomic E-state index is -0.0261. The molecule has 0 aliphatic heterocycles. The lowest BCUT2D eigenvalue weighted by Gasteiger charge is -2.15. The highest BCUT2D eigenvalue weighted by molar-refractivity contribution is 7.99. The van der Waals surface area contributed by atoms with Crippen LogP contribution >= 0.6 is 11.8 Å². The molecule has 0 aliphatic carbocycles. The summed E-state index contributed by atoms with van der Waals surface area (Å²) in [5.74, 6) is 1.55. The Kier molecular flexibility index (Phi) is 6.04. The van der Waals surface area contributed by atoms with Gasteiger partial charge in [-0.25, -0.2) is 0 Å². The number of carbonyl (C=O) groups is 1. The molecule has 1 amide bonds. The van der Waals surface area contributed by atoms with Crippen molar-refractivity contribution in [3.8, 4) is 0 Å². The number of anilines is 1. The molecule has 24 heavy (non-hydrogen) atoms. The van der Waals surface area contributed by atoms with Gasteiger partial charge in [-0.2, -0.15) is 0 Å². The van der Waals surface area contributed by atoms with Crippen LogP contribution in [0.5, 0.6) is 0 Å². The number of nitrogens with one attached hydrogen (secondary N) is 1. The maximum absolute atomic E-state index is 12.3. The van der Waals surface area contributed by atoms with Crippen LogP contribution in [0.4, 0.5) is 5.69 Å². The summed E-state index contributed by atoms with van der Waals surface area (Å²) in [5, 5.41) is 12.4. The molecular weight excluding hydrogens is 320 g/mol. The zero-order valence-corrected chi connectivity index (χ0v) is 16.1. The molecule has 1 aromatic heterocycles. The summed E-state index contributed by atoms with van der Waals surface area (Å²) in [7, 11) is 0. The van der Waals surface area contributed by atoms with Crippen LogP contribution in [0.2, 0.25) is 0 Å². The largest absolute Gasteiger partial charge is 0.325 e. The molecule has 1 heterocycles. The van der Waals surface area contributed by atoms with Crippen LogP contribution in [-0.4, -0.2) is 26.4 Å². The smallest absolute Gasteiger partial charge is 0.234 e. The third kappa shape index (κ3) is 4.17. The van der Waals surface area contributed by atoms with Gasteiger partial charge in [0.25, 0.3) is 0 Å². The Morgan fingerprint density at radius 2 is 1.79 bits per heavy atom. The van der Waals surface area contributed by atoms with Gasteiger partial charge < -0.3 is 9.88 Å². The van der Waals surface area contributed by atoms with Gasteiger partial charge in [0.05, 0.1) is 5.75 Å². The molecule has 6 heteroatoms. The zero-order chi connectivity index (χ0) is 17.9. The molecule has 0 fully saturated rings. The topological polar surface area (TPSA) is 59.8 Å². The van der Waals surface area contributed by atoms with Crippen molar-refractivity contribution in [3.05, 3.63) is 35.2 Å². The van der Waals surface area contributed by atoms with E-state index in [4.69, 9.17) is 0 Å². The van der Waals surface area contributed by atoms with Crippen LogP contribution in [0, 0.1) is 13.8 Å². The second-order valence-electron chi connectivity index (χ2n) is 6.56. The molecule has 0 bridgehead atoms. The summed E-state index contributed by atoms with van der Waals surface area (Å²) in [4.78, 5) is 12.3. The highest BCUT2D eigenvalue weighted by Crippen LogP contribution is 2.26. The standard InChI is InChI=1S/C18H26N4OS/c1-11(2)17-20-21-18(22(17)12(3)4)24-10-15(23)19-16-13(5)8-7-9-14(16)6/h7-9,11-12H,10H2,1-6H3,(H,19,23). The van der Waals surface area contributed by atoms with E-state index in [0.717, 1.165) is 27.8 Å². The molecule has 0 saturated carbocycles. The number of hydrogen-bond acceptors (Lipinski definition) is 4. The van der Waals surface area contributed by atoms with Crippen LogP contribution in [0.15, 0.2) is 23.4 Å². The molecule has 0 radical (unpaired) electrons. The van der Waals surface area contributed by atoms with Crippen molar-refractivity contribution in [2.75, 3.05) is 11.1 Å². The third-order valence-electron chi connectivity index (χ3n) is 3.80. The minimum absolute atomic E-state index is 0.0261. The summed E-state index contributed by atoms with van der Waals surface area (Å²) >= 11 is 1.43. The second kappa shape index (κ2) is 7.83. The van der Waals surface area contributed by atoms with Gasteiger partial charge in [0.1, 0.15) is 5.82 Å². The average molecular weight is 347 g/mol. The van der Waals surface area contributed by atoms with Crippen LogP contribution in [-0.2, 0) is 4.79 Å².